The highest BCUT2D eigenvalue weighted by molar-refractivity contribution is 5.75. The fraction of sp³-hybridized carbons (Fsp3) is 0.421. The molecule has 0 bridgehead atoms. The van der Waals surface area contributed by atoms with Gasteiger partial charge in [0.2, 0.25) is 0 Å². The lowest BCUT2D eigenvalue weighted by molar-refractivity contribution is -0.0355. The zero-order chi connectivity index (χ0) is 17.9. The summed E-state index contributed by atoms with van der Waals surface area (Å²) in [6.45, 7) is 3.31. The van der Waals surface area contributed by atoms with Crippen molar-refractivity contribution >= 4 is 11.0 Å². The van der Waals surface area contributed by atoms with Crippen LogP contribution in [0.1, 0.15) is 17.9 Å². The largest absolute Gasteiger partial charge is 0.376 e. The normalized spacial score (nSPS) is 18.4. The fourth-order valence-electron chi connectivity index (χ4n) is 3.49. The third kappa shape index (κ3) is 3.68. The summed E-state index contributed by atoms with van der Waals surface area (Å²) in [5.74, 6) is 1.07. The molecule has 1 aliphatic heterocycles. The number of aromatic nitrogens is 4. The molecule has 7 heteroatoms. The summed E-state index contributed by atoms with van der Waals surface area (Å²) in [5, 5.41) is 0. The Balaban J connectivity index is 1.38. The van der Waals surface area contributed by atoms with Crippen LogP contribution < -0.4 is 5.56 Å². The van der Waals surface area contributed by atoms with Gasteiger partial charge in [-0.1, -0.05) is 12.1 Å². The Bertz CT molecular complexity index is 948. The van der Waals surface area contributed by atoms with E-state index in [2.05, 4.69) is 38.6 Å². The van der Waals surface area contributed by atoms with Crippen LogP contribution in [0.3, 0.4) is 0 Å². The molecular weight excluding hydrogens is 330 g/mol. The zero-order valence-electron chi connectivity index (χ0n) is 14.9. The third-order valence-electron chi connectivity index (χ3n) is 4.93. The first-order chi connectivity index (χ1) is 12.7. The maximum Gasteiger partial charge on any atom is 0.250 e. The van der Waals surface area contributed by atoms with Crippen molar-refractivity contribution in [2.45, 2.75) is 25.5 Å². The van der Waals surface area contributed by atoms with Gasteiger partial charge in [0.15, 0.2) is 0 Å². The summed E-state index contributed by atoms with van der Waals surface area (Å²) in [5.41, 5.74) is 2.90. The maximum absolute atomic E-state index is 11.4. The van der Waals surface area contributed by atoms with E-state index >= 15 is 0 Å². The average Bonchev–Trinajstić information content (AvgIpc) is 2.96. The number of benzene rings is 1. The lowest BCUT2D eigenvalue weighted by atomic mass is 10.1. The molecule has 4 rings (SSSR count). The first-order valence-corrected chi connectivity index (χ1v) is 8.97. The van der Waals surface area contributed by atoms with Crippen LogP contribution in [-0.4, -0.2) is 50.2 Å². The van der Waals surface area contributed by atoms with Crippen molar-refractivity contribution in [2.75, 3.05) is 19.7 Å². The topological polar surface area (TPSA) is 76.0 Å². The Kier molecular flexibility index (Phi) is 4.81. The molecule has 0 aliphatic carbocycles. The summed E-state index contributed by atoms with van der Waals surface area (Å²) in [7, 11) is 2.07. The van der Waals surface area contributed by atoms with Gasteiger partial charge in [-0.05, 0) is 25.0 Å². The van der Waals surface area contributed by atoms with Crippen molar-refractivity contribution in [1.82, 2.24) is 24.4 Å². The molecule has 0 saturated carbocycles. The minimum absolute atomic E-state index is 0.108. The van der Waals surface area contributed by atoms with Crippen LogP contribution in [0.5, 0.6) is 0 Å². The molecule has 1 N–H and O–H groups in total. The molecule has 3 heterocycles. The Hall–Kier alpha value is -2.51. The van der Waals surface area contributed by atoms with Gasteiger partial charge in [-0.15, -0.1) is 0 Å². The molecule has 1 saturated heterocycles. The van der Waals surface area contributed by atoms with E-state index in [0.29, 0.717) is 0 Å². The van der Waals surface area contributed by atoms with E-state index in [0.717, 1.165) is 61.6 Å². The molecule has 1 atom stereocenters. The molecule has 0 unspecified atom stereocenters. The van der Waals surface area contributed by atoms with Crippen LogP contribution in [0.4, 0.5) is 0 Å². The molecule has 0 radical (unpaired) electrons. The van der Waals surface area contributed by atoms with Crippen LogP contribution >= 0.6 is 0 Å². The molecule has 3 aromatic rings. The highest BCUT2D eigenvalue weighted by Crippen LogP contribution is 2.18. The molecule has 1 aliphatic rings. The van der Waals surface area contributed by atoms with Crippen molar-refractivity contribution in [3.05, 3.63) is 58.5 Å². The predicted octanol–water partition coefficient (Wildman–Crippen LogP) is 1.49. The summed E-state index contributed by atoms with van der Waals surface area (Å²) in [4.78, 5) is 25.3. The molecule has 0 spiro atoms. The molecule has 7 nitrogen and oxygen atoms in total. The van der Waals surface area contributed by atoms with Gasteiger partial charge in [-0.2, -0.15) is 0 Å². The number of aromatic amines is 1. The standard InChI is InChI=1S/C19H23N5O2/c1-23-17-5-3-2-4-16(17)22-18(23)12-24-8-9-26-15(11-24)7-6-14-10-19(25)21-13-20-14/h2-5,10,13,15H,6-9,11-12H2,1H3,(H,20,21,25)/t15-/m0/s1. The summed E-state index contributed by atoms with van der Waals surface area (Å²) < 4.78 is 8.07. The van der Waals surface area contributed by atoms with Crippen LogP contribution in [0.25, 0.3) is 11.0 Å². The van der Waals surface area contributed by atoms with E-state index in [9.17, 15) is 4.79 Å². The summed E-state index contributed by atoms with van der Waals surface area (Å²) in [6, 6.07) is 9.77. The van der Waals surface area contributed by atoms with E-state index in [-0.39, 0.29) is 11.7 Å². The van der Waals surface area contributed by atoms with Gasteiger partial charge >= 0.3 is 0 Å². The second-order valence-electron chi connectivity index (χ2n) is 6.74. The number of rotatable bonds is 5. The van der Waals surface area contributed by atoms with E-state index in [1.165, 1.54) is 6.33 Å². The van der Waals surface area contributed by atoms with Gasteiger partial charge in [0, 0.05) is 31.9 Å². The Labute approximate surface area is 151 Å². The minimum Gasteiger partial charge on any atom is -0.376 e. The lowest BCUT2D eigenvalue weighted by Gasteiger charge is -2.32. The second-order valence-corrected chi connectivity index (χ2v) is 6.74. The zero-order valence-corrected chi connectivity index (χ0v) is 14.9. The van der Waals surface area contributed by atoms with Crippen LogP contribution in [-0.2, 0) is 24.8 Å². The number of H-pyrrole nitrogens is 1. The predicted molar refractivity (Wildman–Crippen MR) is 98.9 cm³/mol. The number of nitrogens with zero attached hydrogens (tertiary/aromatic N) is 4. The van der Waals surface area contributed by atoms with Gasteiger partial charge in [0.1, 0.15) is 5.82 Å². The molecule has 2 aromatic heterocycles. The molecule has 136 valence electrons. The van der Waals surface area contributed by atoms with Crippen LogP contribution in [0, 0.1) is 0 Å². The second kappa shape index (κ2) is 7.39. The third-order valence-corrected chi connectivity index (χ3v) is 4.93. The van der Waals surface area contributed by atoms with Crippen molar-refractivity contribution in [1.29, 1.82) is 0 Å². The van der Waals surface area contributed by atoms with Gasteiger partial charge in [-0.25, -0.2) is 9.97 Å². The van der Waals surface area contributed by atoms with Gasteiger partial charge in [0.25, 0.3) is 5.56 Å². The lowest BCUT2D eigenvalue weighted by Crippen LogP contribution is -2.42. The highest BCUT2D eigenvalue weighted by atomic mass is 16.5. The van der Waals surface area contributed by atoms with Crippen LogP contribution in [0.15, 0.2) is 41.5 Å². The Morgan fingerprint density at radius 3 is 3.08 bits per heavy atom. The monoisotopic (exact) mass is 353 g/mol. The molecule has 26 heavy (non-hydrogen) atoms. The first-order valence-electron chi connectivity index (χ1n) is 8.97. The van der Waals surface area contributed by atoms with Crippen molar-refractivity contribution in [3.8, 4) is 0 Å². The maximum atomic E-state index is 11.4. The van der Waals surface area contributed by atoms with E-state index < -0.39 is 0 Å². The summed E-state index contributed by atoms with van der Waals surface area (Å²) >= 11 is 0. The molecule has 0 amide bonds. The quantitative estimate of drug-likeness (QED) is 0.752. The first kappa shape index (κ1) is 16.9. The van der Waals surface area contributed by atoms with E-state index in [1.807, 2.05) is 12.1 Å². The average molecular weight is 353 g/mol. The number of morpholine rings is 1. The number of imidazole rings is 1. The molecule has 1 aromatic carbocycles. The highest BCUT2D eigenvalue weighted by Gasteiger charge is 2.22. The van der Waals surface area contributed by atoms with E-state index in [1.54, 1.807) is 6.07 Å². The number of aryl methyl sites for hydroxylation is 2. The van der Waals surface area contributed by atoms with Crippen molar-refractivity contribution in [2.24, 2.45) is 7.05 Å². The van der Waals surface area contributed by atoms with Crippen LogP contribution in [0.2, 0.25) is 0 Å². The number of nitrogens with one attached hydrogen (secondary N) is 1. The van der Waals surface area contributed by atoms with Gasteiger partial charge < -0.3 is 14.3 Å². The number of para-hydroxylation sites is 2. The minimum atomic E-state index is -0.108. The Morgan fingerprint density at radius 1 is 1.35 bits per heavy atom. The number of hydrogen-bond donors (Lipinski definition) is 1. The number of hydrogen-bond acceptors (Lipinski definition) is 5. The fourth-order valence-corrected chi connectivity index (χ4v) is 3.49. The SMILES string of the molecule is Cn1c(CN2CCO[C@@H](CCc3cc(=O)[nH]cn3)C2)nc2ccccc21. The smallest absolute Gasteiger partial charge is 0.250 e. The summed E-state index contributed by atoms with van der Waals surface area (Å²) in [6.07, 6.45) is 3.21. The molecule has 1 fully saturated rings. The number of ether oxygens (including phenoxy) is 1. The van der Waals surface area contributed by atoms with Crippen molar-refractivity contribution < 1.29 is 4.74 Å². The number of fused-ring (bicyclic) bond motifs is 1. The van der Waals surface area contributed by atoms with Gasteiger partial charge in [-0.3, -0.25) is 9.69 Å². The Morgan fingerprint density at radius 2 is 2.23 bits per heavy atom. The van der Waals surface area contributed by atoms with Gasteiger partial charge in [0.05, 0.1) is 36.6 Å². The van der Waals surface area contributed by atoms with E-state index in [4.69, 9.17) is 9.72 Å². The van der Waals surface area contributed by atoms with Crippen molar-refractivity contribution in [3.63, 3.8) is 0 Å². The molecular formula is C19H23N5O2.